The number of hydrogen-bond donors (Lipinski definition) is 0. The summed E-state index contributed by atoms with van der Waals surface area (Å²) >= 11 is 14.4. The van der Waals surface area contributed by atoms with E-state index in [1.807, 2.05) is 0 Å². The van der Waals surface area contributed by atoms with Gasteiger partial charge < -0.3 is 9.80 Å². The Morgan fingerprint density at radius 2 is 1.12 bits per heavy atom. The molecule has 96 valence electrons. The Labute approximate surface area is 123 Å². The van der Waals surface area contributed by atoms with Crippen LogP contribution in [0.2, 0.25) is 0 Å². The normalized spacial score (nSPS) is 20.0. The van der Waals surface area contributed by atoms with Crippen LogP contribution in [0.3, 0.4) is 0 Å². The Bertz CT molecular complexity index is 255. The van der Waals surface area contributed by atoms with Crippen molar-refractivity contribution in [2.75, 3.05) is 31.3 Å². The quantitative estimate of drug-likeness (QED) is 0.567. The lowest BCUT2D eigenvalue weighted by Crippen LogP contribution is -2.25. The first-order valence-corrected chi connectivity index (χ1v) is 8.89. The molecule has 0 spiro atoms. The molecule has 0 aromatic carbocycles. The molecule has 2 nitrogen and oxygen atoms in total. The molecule has 2 aliphatic heterocycles. The number of thiocarbonyl (C=S) groups is 2. The molecule has 0 aromatic rings. The minimum absolute atomic E-state index is 0.963. The molecule has 0 aromatic heterocycles. The molecule has 6 heteroatoms. The van der Waals surface area contributed by atoms with E-state index in [0.717, 1.165) is 39.9 Å². The zero-order valence-electron chi connectivity index (χ0n) is 9.89. The summed E-state index contributed by atoms with van der Waals surface area (Å²) in [6, 6.07) is 0. The van der Waals surface area contributed by atoms with Crippen LogP contribution in [0.25, 0.3) is 0 Å². The first-order chi connectivity index (χ1) is 8.27. The van der Waals surface area contributed by atoms with Gasteiger partial charge in [-0.25, -0.2) is 0 Å². The molecule has 2 saturated heterocycles. The van der Waals surface area contributed by atoms with Crippen molar-refractivity contribution >= 4 is 56.6 Å². The number of likely N-dealkylation sites (tertiary alicyclic amines) is 2. The summed E-state index contributed by atoms with van der Waals surface area (Å²) in [4.78, 5) is 4.64. The molecule has 0 saturated carbocycles. The topological polar surface area (TPSA) is 6.48 Å². The van der Waals surface area contributed by atoms with Gasteiger partial charge >= 0.3 is 0 Å². The molecule has 2 rings (SSSR count). The third kappa shape index (κ3) is 4.26. The fourth-order valence-electron chi connectivity index (χ4n) is 2.11. The molecule has 0 unspecified atom stereocenters. The average Bonchev–Trinajstić information content (AvgIpc) is 3.02. The summed E-state index contributed by atoms with van der Waals surface area (Å²) in [6.45, 7) is 4.58. The van der Waals surface area contributed by atoms with Crippen molar-refractivity contribution in [3.63, 3.8) is 0 Å². The first-order valence-electron chi connectivity index (χ1n) is 6.11. The highest BCUT2D eigenvalue weighted by atomic mass is 32.2. The van der Waals surface area contributed by atoms with E-state index < -0.39 is 0 Å². The van der Waals surface area contributed by atoms with E-state index in [4.69, 9.17) is 24.4 Å². The highest BCUT2D eigenvalue weighted by Crippen LogP contribution is 2.23. The molecular formula is C11H18N2S4. The van der Waals surface area contributed by atoms with Crippen LogP contribution < -0.4 is 0 Å². The van der Waals surface area contributed by atoms with E-state index in [0.29, 0.717) is 0 Å². The minimum atomic E-state index is 0.963. The van der Waals surface area contributed by atoms with Crippen molar-refractivity contribution in [3.8, 4) is 0 Å². The Morgan fingerprint density at radius 3 is 1.47 bits per heavy atom. The minimum Gasteiger partial charge on any atom is -0.358 e. The van der Waals surface area contributed by atoms with Crippen LogP contribution in [0, 0.1) is 0 Å². The highest BCUT2D eigenvalue weighted by Gasteiger charge is 2.17. The largest absolute Gasteiger partial charge is 0.358 e. The van der Waals surface area contributed by atoms with Crippen LogP contribution >= 0.6 is 48.0 Å². The lowest BCUT2D eigenvalue weighted by Gasteiger charge is -2.19. The van der Waals surface area contributed by atoms with Crippen LogP contribution in [0.1, 0.15) is 25.7 Å². The van der Waals surface area contributed by atoms with Gasteiger partial charge in [0.05, 0.1) is 5.08 Å². The van der Waals surface area contributed by atoms with Gasteiger partial charge in [0.25, 0.3) is 0 Å². The zero-order chi connectivity index (χ0) is 12.1. The summed E-state index contributed by atoms with van der Waals surface area (Å²) in [6.07, 6.45) is 5.17. The third-order valence-electron chi connectivity index (χ3n) is 3.09. The lowest BCUT2D eigenvalue weighted by molar-refractivity contribution is 0.539. The molecule has 0 N–H and O–H groups in total. The van der Waals surface area contributed by atoms with E-state index >= 15 is 0 Å². The van der Waals surface area contributed by atoms with Crippen LogP contribution in [0.4, 0.5) is 0 Å². The number of rotatable bonds is 2. The van der Waals surface area contributed by atoms with E-state index in [-0.39, 0.29) is 0 Å². The number of nitrogens with zero attached hydrogens (tertiary/aromatic N) is 2. The zero-order valence-corrected chi connectivity index (χ0v) is 13.2. The standard InChI is InChI=1S/C11H18N2S4/c14-10(12-5-1-2-6-12)16-9-17-11(15)13-7-3-4-8-13/h1-9H2. The summed E-state index contributed by atoms with van der Waals surface area (Å²) in [7, 11) is 0. The van der Waals surface area contributed by atoms with Gasteiger partial charge in [0, 0.05) is 26.2 Å². The van der Waals surface area contributed by atoms with Gasteiger partial charge in [-0.15, -0.1) is 0 Å². The molecule has 0 atom stereocenters. The second-order valence-electron chi connectivity index (χ2n) is 4.33. The van der Waals surface area contributed by atoms with Gasteiger partial charge in [0.2, 0.25) is 0 Å². The van der Waals surface area contributed by atoms with Crippen molar-refractivity contribution in [1.82, 2.24) is 9.80 Å². The van der Waals surface area contributed by atoms with Gasteiger partial charge in [0.15, 0.2) is 0 Å². The second kappa shape index (κ2) is 7.16. The van der Waals surface area contributed by atoms with Crippen LogP contribution in [0.5, 0.6) is 0 Å². The second-order valence-corrected chi connectivity index (χ2v) is 7.91. The molecule has 0 bridgehead atoms. The van der Waals surface area contributed by atoms with Gasteiger partial charge in [-0.1, -0.05) is 48.0 Å². The molecule has 2 fully saturated rings. The lowest BCUT2D eigenvalue weighted by atomic mass is 10.4. The van der Waals surface area contributed by atoms with Gasteiger partial charge in [-0.05, 0) is 25.7 Å². The number of hydrogen-bond acceptors (Lipinski definition) is 4. The Balaban J connectivity index is 1.61. The van der Waals surface area contributed by atoms with E-state index in [1.54, 1.807) is 23.5 Å². The smallest absolute Gasteiger partial charge is 0.137 e. The SMILES string of the molecule is S=C(SCSC(=S)N1CCCC1)N1CCCC1. The number of thioether (sulfide) groups is 2. The Kier molecular flexibility index (Phi) is 5.86. The fraction of sp³-hybridized carbons (Fsp3) is 0.818. The van der Waals surface area contributed by atoms with Crippen molar-refractivity contribution in [2.24, 2.45) is 0 Å². The van der Waals surface area contributed by atoms with Crippen molar-refractivity contribution in [2.45, 2.75) is 25.7 Å². The maximum absolute atomic E-state index is 5.42. The summed E-state index contributed by atoms with van der Waals surface area (Å²) in [5.74, 6) is 0. The third-order valence-corrected chi connectivity index (χ3v) is 6.27. The van der Waals surface area contributed by atoms with Crippen LogP contribution in [0.15, 0.2) is 0 Å². The molecule has 0 radical (unpaired) electrons. The molecular weight excluding hydrogens is 288 g/mol. The Morgan fingerprint density at radius 1 is 0.765 bits per heavy atom. The van der Waals surface area contributed by atoms with E-state index in [2.05, 4.69) is 9.80 Å². The predicted molar refractivity (Wildman–Crippen MR) is 86.9 cm³/mol. The van der Waals surface area contributed by atoms with Gasteiger partial charge in [-0.2, -0.15) is 0 Å². The first kappa shape index (κ1) is 13.9. The van der Waals surface area contributed by atoms with E-state index in [9.17, 15) is 0 Å². The fourth-order valence-corrected chi connectivity index (χ4v) is 5.12. The summed E-state index contributed by atoms with van der Waals surface area (Å²) in [5.41, 5.74) is 0. The maximum Gasteiger partial charge on any atom is 0.137 e. The molecule has 0 aliphatic carbocycles. The molecule has 0 amide bonds. The van der Waals surface area contributed by atoms with Crippen molar-refractivity contribution in [3.05, 3.63) is 0 Å². The Hall–Kier alpha value is 0.480. The average molecular weight is 307 g/mol. The predicted octanol–water partition coefficient (Wildman–Crippen LogP) is 3.17. The molecule has 2 aliphatic rings. The molecule has 17 heavy (non-hydrogen) atoms. The maximum atomic E-state index is 5.42. The van der Waals surface area contributed by atoms with Crippen LogP contribution in [-0.2, 0) is 0 Å². The molecule has 2 heterocycles. The van der Waals surface area contributed by atoms with Crippen molar-refractivity contribution < 1.29 is 0 Å². The monoisotopic (exact) mass is 306 g/mol. The summed E-state index contributed by atoms with van der Waals surface area (Å²) in [5, 5.41) is 0.963. The van der Waals surface area contributed by atoms with Gasteiger partial charge in [-0.3, -0.25) is 0 Å². The van der Waals surface area contributed by atoms with E-state index in [1.165, 1.54) is 25.7 Å². The van der Waals surface area contributed by atoms with Gasteiger partial charge in [0.1, 0.15) is 8.64 Å². The summed E-state index contributed by atoms with van der Waals surface area (Å²) < 4.78 is 2.11. The van der Waals surface area contributed by atoms with Crippen molar-refractivity contribution in [1.29, 1.82) is 0 Å². The highest BCUT2D eigenvalue weighted by molar-refractivity contribution is 8.35. The van der Waals surface area contributed by atoms with Crippen LogP contribution in [-0.4, -0.2) is 49.7 Å².